The van der Waals surface area contributed by atoms with Gasteiger partial charge in [-0.15, -0.1) is 11.3 Å². The highest BCUT2D eigenvalue weighted by molar-refractivity contribution is 7.14. The average molecular weight is 266 g/mol. The molecule has 0 aliphatic carbocycles. The van der Waals surface area contributed by atoms with Gasteiger partial charge in [0.05, 0.1) is 4.34 Å². The number of aryl methyl sites for hydroxylation is 1. The molecule has 2 rings (SSSR count). The van der Waals surface area contributed by atoms with Crippen molar-refractivity contribution < 1.29 is 0 Å². The third-order valence-corrected chi connectivity index (χ3v) is 3.93. The minimum absolute atomic E-state index is 0.333. The van der Waals surface area contributed by atoms with Crippen LogP contribution in [0.2, 0.25) is 4.34 Å². The number of benzene rings is 1. The van der Waals surface area contributed by atoms with Crippen LogP contribution >= 0.6 is 22.9 Å². The lowest BCUT2D eigenvalue weighted by atomic mass is 10.1. The SMILES string of the molecule is Cc1ccc(CNC(C)c2csc(Cl)c2)cc1. The van der Waals surface area contributed by atoms with Gasteiger partial charge >= 0.3 is 0 Å². The van der Waals surface area contributed by atoms with Gasteiger partial charge in [-0.2, -0.15) is 0 Å². The predicted molar refractivity (Wildman–Crippen MR) is 75.8 cm³/mol. The van der Waals surface area contributed by atoms with E-state index in [0.29, 0.717) is 6.04 Å². The molecule has 0 bridgehead atoms. The zero-order chi connectivity index (χ0) is 12.3. The van der Waals surface area contributed by atoms with Gasteiger partial charge in [-0.1, -0.05) is 41.4 Å². The molecule has 0 spiro atoms. The number of nitrogens with one attached hydrogen (secondary N) is 1. The van der Waals surface area contributed by atoms with Crippen molar-refractivity contribution in [3.05, 3.63) is 56.7 Å². The molecule has 0 aliphatic heterocycles. The molecule has 0 fully saturated rings. The first-order valence-electron chi connectivity index (χ1n) is 5.68. The summed E-state index contributed by atoms with van der Waals surface area (Å²) < 4.78 is 0.851. The van der Waals surface area contributed by atoms with Gasteiger partial charge in [-0.25, -0.2) is 0 Å². The monoisotopic (exact) mass is 265 g/mol. The molecular weight excluding hydrogens is 250 g/mol. The quantitative estimate of drug-likeness (QED) is 0.855. The Bertz CT molecular complexity index is 475. The van der Waals surface area contributed by atoms with Gasteiger partial charge in [0.1, 0.15) is 0 Å². The van der Waals surface area contributed by atoms with Gasteiger partial charge in [0.25, 0.3) is 0 Å². The summed E-state index contributed by atoms with van der Waals surface area (Å²) in [6.07, 6.45) is 0. The van der Waals surface area contributed by atoms with Gasteiger partial charge in [-0.05, 0) is 36.4 Å². The van der Waals surface area contributed by atoms with Crippen molar-refractivity contribution in [1.82, 2.24) is 5.32 Å². The molecule has 1 aromatic carbocycles. The van der Waals surface area contributed by atoms with Gasteiger partial charge in [-0.3, -0.25) is 0 Å². The molecule has 90 valence electrons. The fourth-order valence-electron chi connectivity index (χ4n) is 1.65. The minimum atomic E-state index is 0.333. The number of thiophene rings is 1. The first-order chi connectivity index (χ1) is 8.15. The second-order valence-electron chi connectivity index (χ2n) is 4.27. The maximum atomic E-state index is 5.93. The van der Waals surface area contributed by atoms with E-state index < -0.39 is 0 Å². The Hall–Kier alpha value is -0.830. The summed E-state index contributed by atoms with van der Waals surface area (Å²) in [6, 6.07) is 11.0. The van der Waals surface area contributed by atoms with Crippen LogP contribution in [0.5, 0.6) is 0 Å². The van der Waals surface area contributed by atoms with Crippen molar-refractivity contribution in [3.8, 4) is 0 Å². The maximum Gasteiger partial charge on any atom is 0.0931 e. The van der Waals surface area contributed by atoms with E-state index in [1.165, 1.54) is 16.7 Å². The molecule has 1 heterocycles. The molecule has 0 aliphatic rings. The highest BCUT2D eigenvalue weighted by Gasteiger charge is 2.06. The van der Waals surface area contributed by atoms with Gasteiger partial charge in [0.15, 0.2) is 0 Å². The normalized spacial score (nSPS) is 12.6. The summed E-state index contributed by atoms with van der Waals surface area (Å²) in [7, 11) is 0. The molecule has 3 heteroatoms. The number of hydrogen-bond acceptors (Lipinski definition) is 2. The lowest BCUT2D eigenvalue weighted by molar-refractivity contribution is 0.576. The van der Waals surface area contributed by atoms with Crippen molar-refractivity contribution in [2.24, 2.45) is 0 Å². The van der Waals surface area contributed by atoms with Crippen LogP contribution in [0.4, 0.5) is 0 Å². The van der Waals surface area contributed by atoms with Gasteiger partial charge in [0, 0.05) is 12.6 Å². The van der Waals surface area contributed by atoms with Crippen molar-refractivity contribution >= 4 is 22.9 Å². The average Bonchev–Trinajstić information content (AvgIpc) is 2.75. The Kier molecular flexibility index (Phi) is 4.21. The molecular formula is C14H16ClNS. The number of halogens is 1. The van der Waals surface area contributed by atoms with E-state index >= 15 is 0 Å². The van der Waals surface area contributed by atoms with Crippen molar-refractivity contribution in [3.63, 3.8) is 0 Å². The topological polar surface area (TPSA) is 12.0 Å². The molecule has 0 amide bonds. The molecule has 1 nitrogen and oxygen atoms in total. The van der Waals surface area contributed by atoms with Crippen LogP contribution in [0.3, 0.4) is 0 Å². The second-order valence-corrected chi connectivity index (χ2v) is 5.81. The standard InChI is InChI=1S/C14H16ClNS/c1-10-3-5-12(6-4-10)8-16-11(2)13-7-14(15)17-9-13/h3-7,9,11,16H,8H2,1-2H3. The lowest BCUT2D eigenvalue weighted by Crippen LogP contribution is -2.17. The van der Waals surface area contributed by atoms with Crippen LogP contribution in [0.1, 0.15) is 29.7 Å². The smallest absolute Gasteiger partial charge is 0.0931 e. The Balaban J connectivity index is 1.92. The Labute approximate surface area is 111 Å². The Morgan fingerprint density at radius 3 is 2.59 bits per heavy atom. The third kappa shape index (κ3) is 3.56. The summed E-state index contributed by atoms with van der Waals surface area (Å²) in [5, 5.41) is 5.60. The lowest BCUT2D eigenvalue weighted by Gasteiger charge is -2.12. The van der Waals surface area contributed by atoms with Crippen LogP contribution in [0, 0.1) is 6.92 Å². The first kappa shape index (κ1) is 12.6. The molecule has 0 saturated carbocycles. The molecule has 17 heavy (non-hydrogen) atoms. The second kappa shape index (κ2) is 5.67. The molecule has 1 unspecified atom stereocenters. The van der Waals surface area contributed by atoms with E-state index in [9.17, 15) is 0 Å². The van der Waals surface area contributed by atoms with Crippen LogP contribution < -0.4 is 5.32 Å². The van der Waals surface area contributed by atoms with Crippen LogP contribution in [-0.4, -0.2) is 0 Å². The highest BCUT2D eigenvalue weighted by Crippen LogP contribution is 2.24. The summed E-state index contributed by atoms with van der Waals surface area (Å²) in [6.45, 7) is 5.15. The zero-order valence-electron chi connectivity index (χ0n) is 10.0. The molecule has 0 saturated heterocycles. The fourth-order valence-corrected chi connectivity index (χ4v) is 2.63. The molecule has 1 aromatic heterocycles. The number of hydrogen-bond donors (Lipinski definition) is 1. The summed E-state index contributed by atoms with van der Waals surface area (Å²) in [4.78, 5) is 0. The molecule has 2 aromatic rings. The van der Waals surface area contributed by atoms with E-state index in [1.807, 2.05) is 6.07 Å². The van der Waals surface area contributed by atoms with Crippen molar-refractivity contribution in [1.29, 1.82) is 0 Å². The zero-order valence-corrected chi connectivity index (χ0v) is 11.6. The predicted octanol–water partition coefficient (Wildman–Crippen LogP) is 4.56. The van der Waals surface area contributed by atoms with E-state index in [0.717, 1.165) is 10.9 Å². The highest BCUT2D eigenvalue weighted by atomic mass is 35.5. The van der Waals surface area contributed by atoms with Crippen molar-refractivity contribution in [2.75, 3.05) is 0 Å². The van der Waals surface area contributed by atoms with Gasteiger partial charge < -0.3 is 5.32 Å². The van der Waals surface area contributed by atoms with E-state index in [1.54, 1.807) is 11.3 Å². The largest absolute Gasteiger partial charge is 0.306 e. The third-order valence-electron chi connectivity index (χ3n) is 2.82. The van der Waals surface area contributed by atoms with E-state index in [2.05, 4.69) is 48.8 Å². The number of rotatable bonds is 4. The molecule has 1 atom stereocenters. The summed E-state index contributed by atoms with van der Waals surface area (Å²) in [5.41, 5.74) is 3.86. The molecule has 1 N–H and O–H groups in total. The fraction of sp³-hybridized carbons (Fsp3) is 0.286. The van der Waals surface area contributed by atoms with E-state index in [4.69, 9.17) is 11.6 Å². The van der Waals surface area contributed by atoms with E-state index in [-0.39, 0.29) is 0 Å². The van der Waals surface area contributed by atoms with Crippen LogP contribution in [0.15, 0.2) is 35.7 Å². The summed E-state index contributed by atoms with van der Waals surface area (Å²) >= 11 is 7.51. The van der Waals surface area contributed by atoms with Crippen LogP contribution in [-0.2, 0) is 6.54 Å². The minimum Gasteiger partial charge on any atom is -0.306 e. The van der Waals surface area contributed by atoms with Gasteiger partial charge in [0.2, 0.25) is 0 Å². The maximum absolute atomic E-state index is 5.93. The Morgan fingerprint density at radius 1 is 1.29 bits per heavy atom. The molecule has 0 radical (unpaired) electrons. The van der Waals surface area contributed by atoms with Crippen LogP contribution in [0.25, 0.3) is 0 Å². The first-order valence-corrected chi connectivity index (χ1v) is 6.94. The summed E-state index contributed by atoms with van der Waals surface area (Å²) in [5.74, 6) is 0. The van der Waals surface area contributed by atoms with Crippen molar-refractivity contribution in [2.45, 2.75) is 26.4 Å². The Morgan fingerprint density at radius 2 is 2.00 bits per heavy atom.